The molecule has 116 valence electrons. The third kappa shape index (κ3) is 4.45. The van der Waals surface area contributed by atoms with Crippen molar-refractivity contribution in [1.29, 1.82) is 0 Å². The highest BCUT2D eigenvalue weighted by Crippen LogP contribution is 2.30. The molecule has 4 nitrogen and oxygen atoms in total. The second-order valence-corrected chi connectivity index (χ2v) is 6.62. The van der Waals surface area contributed by atoms with Gasteiger partial charge in [0, 0.05) is 18.6 Å². The van der Waals surface area contributed by atoms with E-state index in [1.54, 1.807) is 0 Å². The highest BCUT2D eigenvalue weighted by molar-refractivity contribution is 5.79. The fourth-order valence-electron chi connectivity index (χ4n) is 3.92. The largest absolute Gasteiger partial charge is 0.368 e. The van der Waals surface area contributed by atoms with Crippen molar-refractivity contribution in [3.63, 3.8) is 0 Å². The molecule has 0 spiro atoms. The van der Waals surface area contributed by atoms with Gasteiger partial charge in [-0.2, -0.15) is 0 Å². The average molecular weight is 281 g/mol. The zero-order chi connectivity index (χ0) is 14.4. The highest BCUT2D eigenvalue weighted by atomic mass is 16.1. The van der Waals surface area contributed by atoms with Crippen molar-refractivity contribution < 1.29 is 4.79 Å². The van der Waals surface area contributed by atoms with Crippen LogP contribution in [0.5, 0.6) is 0 Å². The molecule has 0 heterocycles. The fraction of sp³-hybridized carbons (Fsp3) is 0.938. The molecule has 0 aliphatic heterocycles. The van der Waals surface area contributed by atoms with Crippen LogP contribution in [0.3, 0.4) is 0 Å². The topological polar surface area (TPSA) is 72.3 Å². The predicted octanol–water partition coefficient (Wildman–Crippen LogP) is 2.16. The van der Waals surface area contributed by atoms with Gasteiger partial charge in [0.05, 0.1) is 6.04 Å². The fourth-order valence-corrected chi connectivity index (χ4v) is 3.92. The molecule has 2 aliphatic carbocycles. The summed E-state index contributed by atoms with van der Waals surface area (Å²) in [6, 6.07) is 0.948. The van der Waals surface area contributed by atoms with Crippen LogP contribution < -0.4 is 11.5 Å². The van der Waals surface area contributed by atoms with Gasteiger partial charge < -0.3 is 11.5 Å². The van der Waals surface area contributed by atoms with Crippen molar-refractivity contribution in [3.05, 3.63) is 0 Å². The maximum Gasteiger partial charge on any atom is 0.234 e. The predicted molar refractivity (Wildman–Crippen MR) is 82.2 cm³/mol. The Morgan fingerprint density at radius 3 is 1.80 bits per heavy atom. The van der Waals surface area contributed by atoms with Crippen LogP contribution >= 0.6 is 0 Å². The van der Waals surface area contributed by atoms with Gasteiger partial charge in [0.15, 0.2) is 0 Å². The van der Waals surface area contributed by atoms with Gasteiger partial charge in [-0.25, -0.2) is 0 Å². The van der Waals surface area contributed by atoms with Crippen molar-refractivity contribution in [3.8, 4) is 0 Å². The summed E-state index contributed by atoms with van der Waals surface area (Å²) in [5, 5.41) is 0. The molecule has 4 heteroatoms. The lowest BCUT2D eigenvalue weighted by molar-refractivity contribution is -0.119. The van der Waals surface area contributed by atoms with Gasteiger partial charge in [0.25, 0.3) is 0 Å². The molecule has 0 saturated heterocycles. The highest BCUT2D eigenvalue weighted by Gasteiger charge is 2.29. The zero-order valence-electron chi connectivity index (χ0n) is 12.7. The van der Waals surface area contributed by atoms with E-state index in [-0.39, 0.29) is 5.91 Å². The Balaban J connectivity index is 1.93. The Morgan fingerprint density at radius 1 is 0.950 bits per heavy atom. The Morgan fingerprint density at radius 2 is 1.40 bits per heavy atom. The quantitative estimate of drug-likeness (QED) is 0.783. The zero-order valence-corrected chi connectivity index (χ0v) is 12.7. The van der Waals surface area contributed by atoms with Crippen molar-refractivity contribution in [1.82, 2.24) is 4.90 Å². The number of rotatable bonds is 6. The third-order valence-corrected chi connectivity index (χ3v) is 5.15. The summed E-state index contributed by atoms with van der Waals surface area (Å²) < 4.78 is 0. The summed E-state index contributed by atoms with van der Waals surface area (Å²) in [5.74, 6) is -0.364. The van der Waals surface area contributed by atoms with Gasteiger partial charge in [-0.3, -0.25) is 9.69 Å². The summed E-state index contributed by atoms with van der Waals surface area (Å²) in [7, 11) is 0. The number of carbonyl (C=O) groups excluding carboxylic acids is 1. The van der Waals surface area contributed by atoms with Crippen LogP contribution in [0.1, 0.15) is 70.6 Å². The van der Waals surface area contributed by atoms with Crippen LogP contribution in [0.15, 0.2) is 0 Å². The smallest absolute Gasteiger partial charge is 0.234 e. The van der Waals surface area contributed by atoms with Crippen molar-refractivity contribution in [2.24, 2.45) is 11.5 Å². The van der Waals surface area contributed by atoms with Gasteiger partial charge in [-0.05, 0) is 32.1 Å². The number of nitrogens with two attached hydrogens (primary N) is 2. The van der Waals surface area contributed by atoms with E-state index >= 15 is 0 Å². The van der Waals surface area contributed by atoms with Crippen molar-refractivity contribution in [2.45, 2.75) is 88.8 Å². The Labute approximate surface area is 123 Å². The minimum atomic E-state index is -0.482. The van der Waals surface area contributed by atoms with Gasteiger partial charge in [0.2, 0.25) is 5.91 Å². The first-order valence-electron chi connectivity index (χ1n) is 8.49. The first kappa shape index (κ1) is 15.8. The van der Waals surface area contributed by atoms with E-state index in [4.69, 9.17) is 11.5 Å². The maximum atomic E-state index is 11.1. The van der Waals surface area contributed by atoms with Crippen LogP contribution in [-0.4, -0.2) is 35.5 Å². The Hall–Kier alpha value is -0.610. The number of primary amides is 1. The van der Waals surface area contributed by atoms with E-state index in [0.29, 0.717) is 18.5 Å². The summed E-state index contributed by atoms with van der Waals surface area (Å²) in [5.41, 5.74) is 11.1. The van der Waals surface area contributed by atoms with E-state index in [1.165, 1.54) is 64.2 Å². The molecule has 0 aromatic carbocycles. The Kier molecular flexibility index (Phi) is 6.30. The van der Waals surface area contributed by atoms with Gasteiger partial charge in [0.1, 0.15) is 0 Å². The summed E-state index contributed by atoms with van der Waals surface area (Å²) in [4.78, 5) is 13.8. The number of amides is 1. The van der Waals surface area contributed by atoms with Crippen molar-refractivity contribution in [2.75, 3.05) is 6.54 Å². The molecule has 4 N–H and O–H groups in total. The van der Waals surface area contributed by atoms with E-state index in [9.17, 15) is 4.79 Å². The summed E-state index contributed by atoms with van der Waals surface area (Å²) in [6.45, 7) is 0.944. The van der Waals surface area contributed by atoms with Gasteiger partial charge in [-0.15, -0.1) is 0 Å². The molecule has 2 rings (SSSR count). The molecule has 2 fully saturated rings. The molecule has 1 amide bonds. The normalized spacial score (nSPS) is 23.9. The second kappa shape index (κ2) is 7.99. The standard InChI is InChI=1S/C16H31N3O/c17-15(16(18)20)11-12-19(13-7-3-1-4-8-13)14-9-5-2-6-10-14/h13-15H,1-12,17H2,(H2,18,20). The lowest BCUT2D eigenvalue weighted by atomic mass is 9.88. The van der Waals surface area contributed by atoms with Gasteiger partial charge in [-0.1, -0.05) is 38.5 Å². The van der Waals surface area contributed by atoms with E-state index in [0.717, 1.165) is 6.54 Å². The number of nitrogens with zero attached hydrogens (tertiary/aromatic N) is 1. The minimum Gasteiger partial charge on any atom is -0.368 e. The van der Waals surface area contributed by atoms with E-state index in [1.807, 2.05) is 0 Å². The van der Waals surface area contributed by atoms with E-state index in [2.05, 4.69) is 4.90 Å². The number of hydrogen-bond acceptors (Lipinski definition) is 3. The molecule has 20 heavy (non-hydrogen) atoms. The molecule has 2 aliphatic rings. The van der Waals surface area contributed by atoms with Crippen molar-refractivity contribution >= 4 is 5.91 Å². The summed E-state index contributed by atoms with van der Waals surface area (Å²) in [6.07, 6.45) is 14.2. The van der Waals surface area contributed by atoms with Crippen LogP contribution in [-0.2, 0) is 4.79 Å². The number of carbonyl (C=O) groups is 1. The molecule has 0 aromatic heterocycles. The SMILES string of the molecule is NC(=O)C(N)CCN(C1CCCCC1)C1CCCCC1. The molecule has 0 aromatic rings. The molecular formula is C16H31N3O. The molecule has 2 saturated carbocycles. The molecule has 1 unspecified atom stereocenters. The lowest BCUT2D eigenvalue weighted by Crippen LogP contribution is -2.48. The molecule has 0 bridgehead atoms. The van der Waals surface area contributed by atoms with Crippen LogP contribution in [0, 0.1) is 0 Å². The Bertz CT molecular complexity index is 278. The second-order valence-electron chi connectivity index (χ2n) is 6.62. The maximum absolute atomic E-state index is 11.1. The average Bonchev–Trinajstić information content (AvgIpc) is 2.49. The van der Waals surface area contributed by atoms with Crippen LogP contribution in [0.2, 0.25) is 0 Å². The molecule has 1 atom stereocenters. The van der Waals surface area contributed by atoms with E-state index < -0.39 is 6.04 Å². The summed E-state index contributed by atoms with van der Waals surface area (Å²) >= 11 is 0. The number of hydrogen-bond donors (Lipinski definition) is 2. The monoisotopic (exact) mass is 281 g/mol. The first-order chi connectivity index (χ1) is 9.68. The molecule has 0 radical (unpaired) electrons. The first-order valence-corrected chi connectivity index (χ1v) is 8.49. The van der Waals surface area contributed by atoms with Gasteiger partial charge >= 0.3 is 0 Å². The lowest BCUT2D eigenvalue weighted by Gasteiger charge is -2.42. The molecular weight excluding hydrogens is 250 g/mol. The van der Waals surface area contributed by atoms with Crippen LogP contribution in [0.4, 0.5) is 0 Å². The van der Waals surface area contributed by atoms with Crippen LogP contribution in [0.25, 0.3) is 0 Å². The minimum absolute atomic E-state index is 0.364. The third-order valence-electron chi connectivity index (χ3n) is 5.15.